The first-order valence-electron chi connectivity index (χ1n) is 7.74. The van der Waals surface area contributed by atoms with E-state index in [0.717, 1.165) is 31.5 Å². The Bertz CT molecular complexity index is 878. The molecular formula is C16H16ClN5O2. The minimum atomic E-state index is -0.369. The molecule has 0 spiro atoms. The minimum absolute atomic E-state index is 0.156. The van der Waals surface area contributed by atoms with Gasteiger partial charge in [-0.2, -0.15) is 10.4 Å². The van der Waals surface area contributed by atoms with Crippen LogP contribution in [0.5, 0.6) is 0 Å². The van der Waals surface area contributed by atoms with Gasteiger partial charge in [-0.1, -0.05) is 18.0 Å². The third kappa shape index (κ3) is 3.34. The van der Waals surface area contributed by atoms with Crippen LogP contribution in [0.1, 0.15) is 30.7 Å². The third-order valence-corrected chi connectivity index (χ3v) is 4.26. The van der Waals surface area contributed by atoms with Crippen LogP contribution < -0.4 is 11.0 Å². The van der Waals surface area contributed by atoms with Gasteiger partial charge in [0, 0.05) is 18.7 Å². The quantitative estimate of drug-likeness (QED) is 0.919. The lowest BCUT2D eigenvalue weighted by molar-refractivity contribution is -0.117. The van der Waals surface area contributed by atoms with Crippen molar-refractivity contribution < 1.29 is 4.79 Å². The van der Waals surface area contributed by atoms with E-state index in [9.17, 15) is 9.59 Å². The Kier molecular flexibility index (Phi) is 4.67. The second-order valence-corrected chi connectivity index (χ2v) is 6.08. The zero-order valence-electron chi connectivity index (χ0n) is 13.0. The topological polar surface area (TPSA) is 92.7 Å². The number of hydrogen-bond donors (Lipinski definition) is 1. The number of nitrogens with one attached hydrogen (secondary N) is 1. The van der Waals surface area contributed by atoms with Crippen LogP contribution in [0.15, 0.2) is 23.0 Å². The zero-order valence-corrected chi connectivity index (χ0v) is 13.7. The van der Waals surface area contributed by atoms with E-state index in [-0.39, 0.29) is 23.2 Å². The predicted octanol–water partition coefficient (Wildman–Crippen LogP) is 1.93. The molecule has 8 heteroatoms. The molecule has 0 aliphatic carbocycles. The van der Waals surface area contributed by atoms with Crippen molar-refractivity contribution in [2.24, 2.45) is 0 Å². The summed E-state index contributed by atoms with van der Waals surface area (Å²) in [6.07, 6.45) is 3.80. The number of fused-ring (bicyclic) bond motifs is 1. The number of anilines is 1. The maximum atomic E-state index is 12.3. The lowest BCUT2D eigenvalue weighted by atomic mass is 10.2. The summed E-state index contributed by atoms with van der Waals surface area (Å²) in [5.41, 5.74) is 0.557. The minimum Gasteiger partial charge on any atom is -0.324 e. The van der Waals surface area contributed by atoms with Crippen molar-refractivity contribution in [2.45, 2.75) is 38.8 Å². The molecule has 0 saturated carbocycles. The van der Waals surface area contributed by atoms with Crippen LogP contribution in [0.25, 0.3) is 0 Å². The summed E-state index contributed by atoms with van der Waals surface area (Å²) >= 11 is 5.94. The highest BCUT2D eigenvalue weighted by molar-refractivity contribution is 6.32. The fourth-order valence-electron chi connectivity index (χ4n) is 2.75. The number of nitrogens with zero attached hydrogens (tertiary/aromatic N) is 4. The molecule has 24 heavy (non-hydrogen) atoms. The van der Waals surface area contributed by atoms with E-state index < -0.39 is 0 Å². The highest BCUT2D eigenvalue weighted by Gasteiger charge is 2.17. The van der Waals surface area contributed by atoms with Crippen LogP contribution in [0.4, 0.5) is 5.69 Å². The molecule has 1 amide bonds. The second kappa shape index (κ2) is 6.89. The molecule has 0 unspecified atom stereocenters. The van der Waals surface area contributed by atoms with Gasteiger partial charge in [0.15, 0.2) is 0 Å². The van der Waals surface area contributed by atoms with Crippen molar-refractivity contribution >= 4 is 23.2 Å². The fraction of sp³-hybridized carbons (Fsp3) is 0.375. The molecule has 0 saturated heterocycles. The first-order chi connectivity index (χ1) is 11.6. The number of amides is 1. The fourth-order valence-corrected chi connectivity index (χ4v) is 2.97. The lowest BCUT2D eigenvalue weighted by Gasteiger charge is -2.06. The maximum Gasteiger partial charge on any atom is 0.346 e. The molecule has 0 radical (unpaired) electrons. The van der Waals surface area contributed by atoms with Gasteiger partial charge in [-0.15, -0.1) is 0 Å². The van der Waals surface area contributed by atoms with Crippen LogP contribution in [0.2, 0.25) is 5.02 Å². The normalized spacial score (nSPS) is 13.7. The molecule has 1 aliphatic rings. The van der Waals surface area contributed by atoms with Crippen LogP contribution in [0.3, 0.4) is 0 Å². The van der Waals surface area contributed by atoms with Gasteiger partial charge in [-0.05, 0) is 31.0 Å². The highest BCUT2D eigenvalue weighted by atomic mass is 35.5. The van der Waals surface area contributed by atoms with Gasteiger partial charge in [0.2, 0.25) is 5.91 Å². The summed E-state index contributed by atoms with van der Waals surface area (Å²) in [5, 5.41) is 16.0. The number of nitriles is 1. The number of aromatic nitrogens is 3. The first-order valence-corrected chi connectivity index (χ1v) is 8.12. The van der Waals surface area contributed by atoms with Gasteiger partial charge in [-0.3, -0.25) is 9.36 Å². The van der Waals surface area contributed by atoms with Crippen LogP contribution in [-0.4, -0.2) is 20.3 Å². The van der Waals surface area contributed by atoms with Crippen LogP contribution >= 0.6 is 11.6 Å². The molecule has 2 aromatic rings. The molecule has 0 fully saturated rings. The molecule has 7 nitrogen and oxygen atoms in total. The van der Waals surface area contributed by atoms with E-state index in [2.05, 4.69) is 10.4 Å². The molecule has 2 heterocycles. The maximum absolute atomic E-state index is 12.3. The number of carbonyl (C=O) groups is 1. The van der Waals surface area contributed by atoms with E-state index in [4.69, 9.17) is 16.9 Å². The number of halogens is 1. The van der Waals surface area contributed by atoms with Gasteiger partial charge in [-0.25, -0.2) is 9.48 Å². The number of rotatable bonds is 3. The molecule has 0 atom stereocenters. The molecule has 0 bridgehead atoms. The Balaban J connectivity index is 1.73. The molecule has 1 aliphatic heterocycles. The summed E-state index contributed by atoms with van der Waals surface area (Å²) in [6, 6.07) is 6.58. The summed E-state index contributed by atoms with van der Waals surface area (Å²) in [5.74, 6) is 0.373. The average molecular weight is 346 g/mol. The van der Waals surface area contributed by atoms with Crippen molar-refractivity contribution in [1.82, 2.24) is 14.3 Å². The van der Waals surface area contributed by atoms with Crippen molar-refractivity contribution in [3.05, 3.63) is 45.1 Å². The second-order valence-electron chi connectivity index (χ2n) is 5.67. The van der Waals surface area contributed by atoms with E-state index in [1.807, 2.05) is 6.07 Å². The molecule has 1 aromatic carbocycles. The summed E-state index contributed by atoms with van der Waals surface area (Å²) in [4.78, 5) is 24.5. The van der Waals surface area contributed by atoms with E-state index in [1.165, 1.54) is 16.8 Å². The summed E-state index contributed by atoms with van der Waals surface area (Å²) in [7, 11) is 0. The Morgan fingerprint density at radius 1 is 1.38 bits per heavy atom. The SMILES string of the molecule is N#Cc1ccc(NC(=O)Cn2nc3n(c2=O)CCCCC3)cc1Cl. The average Bonchev–Trinajstić information content (AvgIpc) is 2.73. The smallest absolute Gasteiger partial charge is 0.324 e. The van der Waals surface area contributed by atoms with Crippen LogP contribution in [-0.2, 0) is 24.3 Å². The van der Waals surface area contributed by atoms with Gasteiger partial charge in [0.05, 0.1) is 10.6 Å². The Morgan fingerprint density at radius 3 is 2.96 bits per heavy atom. The van der Waals surface area contributed by atoms with Crippen molar-refractivity contribution in [1.29, 1.82) is 5.26 Å². The van der Waals surface area contributed by atoms with Crippen molar-refractivity contribution in [3.63, 3.8) is 0 Å². The highest BCUT2D eigenvalue weighted by Crippen LogP contribution is 2.20. The van der Waals surface area contributed by atoms with Gasteiger partial charge in [0.25, 0.3) is 0 Å². The number of benzene rings is 1. The molecule has 1 aromatic heterocycles. The van der Waals surface area contributed by atoms with Gasteiger partial charge < -0.3 is 5.32 Å². The van der Waals surface area contributed by atoms with E-state index in [0.29, 0.717) is 17.8 Å². The summed E-state index contributed by atoms with van der Waals surface area (Å²) in [6.45, 7) is 0.497. The zero-order chi connectivity index (χ0) is 17.1. The molecule has 3 rings (SSSR count). The predicted molar refractivity (Wildman–Crippen MR) is 88.8 cm³/mol. The van der Waals surface area contributed by atoms with Crippen molar-refractivity contribution in [3.8, 4) is 6.07 Å². The number of aryl methyl sites for hydroxylation is 1. The monoisotopic (exact) mass is 345 g/mol. The molecule has 1 N–H and O–H groups in total. The van der Waals surface area contributed by atoms with Gasteiger partial charge >= 0.3 is 5.69 Å². The molecule has 124 valence electrons. The van der Waals surface area contributed by atoms with E-state index >= 15 is 0 Å². The van der Waals surface area contributed by atoms with E-state index in [1.54, 1.807) is 10.6 Å². The first kappa shape index (κ1) is 16.3. The lowest BCUT2D eigenvalue weighted by Crippen LogP contribution is -2.30. The number of carbonyl (C=O) groups excluding carboxylic acids is 1. The number of hydrogen-bond acceptors (Lipinski definition) is 4. The Hall–Kier alpha value is -2.59. The standard InChI is InChI=1S/C16H16ClN5O2/c17-13-8-12(6-5-11(13)9-18)19-15(23)10-22-16(24)21-7-3-1-2-4-14(21)20-22/h5-6,8H,1-4,7,10H2,(H,19,23). The van der Waals surface area contributed by atoms with Crippen molar-refractivity contribution in [2.75, 3.05) is 5.32 Å². The summed E-state index contributed by atoms with van der Waals surface area (Å²) < 4.78 is 2.85. The third-order valence-electron chi connectivity index (χ3n) is 3.95. The Morgan fingerprint density at radius 2 is 2.21 bits per heavy atom. The van der Waals surface area contributed by atoms with Crippen LogP contribution in [0, 0.1) is 11.3 Å². The molecular weight excluding hydrogens is 330 g/mol. The van der Waals surface area contributed by atoms with Gasteiger partial charge in [0.1, 0.15) is 18.4 Å². The Labute approximate surface area is 143 Å². The largest absolute Gasteiger partial charge is 0.346 e.